The largest absolute Gasteiger partial charge is 0.466 e. The molecule has 1 fully saturated rings. The first kappa shape index (κ1) is 21.5. The highest BCUT2D eigenvalue weighted by molar-refractivity contribution is 7.80. The Morgan fingerprint density at radius 3 is 2.86 bits per heavy atom. The number of nitrogens with one attached hydrogen (secondary N) is 2. The van der Waals surface area contributed by atoms with Crippen LogP contribution in [0, 0.1) is 10.1 Å². The zero-order valence-electron chi connectivity index (χ0n) is 14.8. The number of hydrogen-bond acceptors (Lipinski definition) is 7. The van der Waals surface area contributed by atoms with E-state index in [0.717, 1.165) is 6.07 Å². The molecule has 10 nitrogen and oxygen atoms in total. The van der Waals surface area contributed by atoms with Crippen molar-refractivity contribution < 1.29 is 24.0 Å². The number of piperazine rings is 1. The maximum atomic E-state index is 12.4. The van der Waals surface area contributed by atoms with Crippen LogP contribution in [-0.4, -0.2) is 58.5 Å². The molecule has 12 heteroatoms. The Kier molecular flexibility index (Phi) is 7.24. The van der Waals surface area contributed by atoms with Gasteiger partial charge in [0.1, 0.15) is 11.1 Å². The quantitative estimate of drug-likeness (QED) is 0.307. The van der Waals surface area contributed by atoms with Crippen LogP contribution in [0.3, 0.4) is 0 Å². The molecule has 2 N–H and O–H groups in total. The minimum absolute atomic E-state index is 0.0261. The lowest BCUT2D eigenvalue weighted by Crippen LogP contribution is -2.60. The van der Waals surface area contributed by atoms with Crippen LogP contribution < -0.4 is 10.6 Å². The molecule has 0 bridgehead atoms. The Morgan fingerprint density at radius 2 is 2.21 bits per heavy atom. The second-order valence-electron chi connectivity index (χ2n) is 5.69. The highest BCUT2D eigenvalue weighted by atomic mass is 35.5. The number of carbonyl (C=O) groups excluding carboxylic acids is 3. The summed E-state index contributed by atoms with van der Waals surface area (Å²) < 4.78 is 4.87. The number of hydrogen-bond donors (Lipinski definition) is 2. The minimum atomic E-state index is -0.930. The molecule has 1 aliphatic rings. The van der Waals surface area contributed by atoms with Gasteiger partial charge in [0.05, 0.1) is 18.0 Å². The fraction of sp³-hybridized carbons (Fsp3) is 0.375. The van der Waals surface area contributed by atoms with Gasteiger partial charge >= 0.3 is 5.97 Å². The zero-order chi connectivity index (χ0) is 20.8. The maximum absolute atomic E-state index is 12.4. The van der Waals surface area contributed by atoms with Crippen molar-refractivity contribution >= 4 is 52.4 Å². The number of nitrogens with zero attached hydrogens (tertiary/aromatic N) is 2. The number of rotatable bonds is 5. The van der Waals surface area contributed by atoms with Crippen LogP contribution in [0.25, 0.3) is 0 Å². The number of thiocarbonyl (C=S) groups is 1. The monoisotopic (exact) mass is 428 g/mol. The topological polar surface area (TPSA) is 131 Å². The van der Waals surface area contributed by atoms with Gasteiger partial charge in [0.2, 0.25) is 5.91 Å². The molecule has 150 valence electrons. The molecule has 28 heavy (non-hydrogen) atoms. The van der Waals surface area contributed by atoms with Crippen LogP contribution in [-0.2, 0) is 14.3 Å². The number of amides is 2. The average molecular weight is 429 g/mol. The first-order chi connectivity index (χ1) is 13.2. The fourth-order valence-corrected chi connectivity index (χ4v) is 3.07. The Hall–Kier alpha value is -2.79. The van der Waals surface area contributed by atoms with Crippen molar-refractivity contribution in [2.75, 3.05) is 19.7 Å². The molecule has 0 spiro atoms. The summed E-state index contributed by atoms with van der Waals surface area (Å²) in [5, 5.41) is 15.8. The van der Waals surface area contributed by atoms with Crippen LogP contribution in [0.15, 0.2) is 18.2 Å². The van der Waals surface area contributed by atoms with Crippen molar-refractivity contribution in [2.24, 2.45) is 0 Å². The van der Waals surface area contributed by atoms with E-state index in [2.05, 4.69) is 10.6 Å². The summed E-state index contributed by atoms with van der Waals surface area (Å²) in [4.78, 5) is 48.0. The van der Waals surface area contributed by atoms with E-state index in [4.69, 9.17) is 28.6 Å². The Bertz CT molecular complexity index is 833. The third-order valence-corrected chi connectivity index (χ3v) is 4.54. The van der Waals surface area contributed by atoms with Gasteiger partial charge in [-0.2, -0.15) is 0 Å². The standard InChI is InChI=1S/C16H17ClN4O6S/c1-2-27-13(22)8-12-15(24)18-5-6-20(12)16(28)19-14(23)9-3-4-10(17)11(7-9)21(25)26/h3-4,7,12H,2,5-6,8H2,1H3,(H,18,24)(H,19,23,28). The normalized spacial score (nSPS) is 16.1. The van der Waals surface area contributed by atoms with Crippen LogP contribution in [0.4, 0.5) is 5.69 Å². The van der Waals surface area contributed by atoms with Crippen molar-refractivity contribution in [1.82, 2.24) is 15.5 Å². The number of halogens is 1. The molecule has 1 aliphatic heterocycles. The Morgan fingerprint density at radius 1 is 1.50 bits per heavy atom. The third kappa shape index (κ3) is 5.14. The molecule has 1 unspecified atom stereocenters. The number of nitro benzene ring substituents is 1. The van der Waals surface area contributed by atoms with Gasteiger partial charge in [-0.1, -0.05) is 11.6 Å². The van der Waals surface area contributed by atoms with Crippen LogP contribution >= 0.6 is 23.8 Å². The molecule has 0 aromatic heterocycles. The molecule has 0 radical (unpaired) electrons. The van der Waals surface area contributed by atoms with E-state index in [-0.39, 0.29) is 41.8 Å². The second-order valence-corrected chi connectivity index (χ2v) is 6.49. The highest BCUT2D eigenvalue weighted by Gasteiger charge is 2.34. The maximum Gasteiger partial charge on any atom is 0.308 e. The molecule has 1 aromatic carbocycles. The van der Waals surface area contributed by atoms with Gasteiger partial charge in [-0.05, 0) is 31.3 Å². The van der Waals surface area contributed by atoms with Crippen LogP contribution in [0.5, 0.6) is 0 Å². The summed E-state index contributed by atoms with van der Waals surface area (Å²) in [6.45, 7) is 2.37. The highest BCUT2D eigenvalue weighted by Crippen LogP contribution is 2.25. The van der Waals surface area contributed by atoms with E-state index < -0.39 is 34.4 Å². The molecule has 1 saturated heterocycles. The predicted molar refractivity (Wildman–Crippen MR) is 103 cm³/mol. The zero-order valence-corrected chi connectivity index (χ0v) is 16.3. The van der Waals surface area contributed by atoms with Crippen LogP contribution in [0.1, 0.15) is 23.7 Å². The number of benzene rings is 1. The van der Waals surface area contributed by atoms with E-state index in [1.807, 2.05) is 0 Å². The molecular weight excluding hydrogens is 412 g/mol. The molecule has 1 atom stereocenters. The van der Waals surface area contributed by atoms with Crippen molar-refractivity contribution in [1.29, 1.82) is 0 Å². The predicted octanol–water partition coefficient (Wildman–Crippen LogP) is 1.02. The second kappa shape index (κ2) is 9.42. The van der Waals surface area contributed by atoms with Gasteiger partial charge in [-0.3, -0.25) is 29.8 Å². The lowest BCUT2D eigenvalue weighted by molar-refractivity contribution is -0.384. The lowest BCUT2D eigenvalue weighted by Gasteiger charge is -2.36. The van der Waals surface area contributed by atoms with E-state index in [1.165, 1.54) is 17.0 Å². The van der Waals surface area contributed by atoms with Crippen molar-refractivity contribution in [3.63, 3.8) is 0 Å². The first-order valence-electron chi connectivity index (χ1n) is 8.23. The fourth-order valence-electron chi connectivity index (χ4n) is 2.57. The SMILES string of the molecule is CCOC(=O)CC1C(=O)NCCN1C(=S)NC(=O)c1ccc(Cl)c([N+](=O)[O-])c1. The number of ether oxygens (including phenoxy) is 1. The number of esters is 1. The molecule has 0 saturated carbocycles. The molecule has 1 aromatic rings. The van der Waals surface area contributed by atoms with E-state index in [1.54, 1.807) is 6.92 Å². The van der Waals surface area contributed by atoms with Crippen molar-refractivity contribution in [3.8, 4) is 0 Å². The van der Waals surface area contributed by atoms with Gasteiger partial charge in [0.15, 0.2) is 5.11 Å². The number of carbonyl (C=O) groups is 3. The lowest BCUT2D eigenvalue weighted by atomic mass is 10.1. The van der Waals surface area contributed by atoms with E-state index in [0.29, 0.717) is 0 Å². The van der Waals surface area contributed by atoms with Gasteiger partial charge in [-0.15, -0.1) is 0 Å². The molecule has 0 aliphatic carbocycles. The van der Waals surface area contributed by atoms with Gasteiger partial charge in [-0.25, -0.2) is 0 Å². The molecular formula is C16H17ClN4O6S. The van der Waals surface area contributed by atoms with Crippen molar-refractivity contribution in [2.45, 2.75) is 19.4 Å². The van der Waals surface area contributed by atoms with E-state index >= 15 is 0 Å². The summed E-state index contributed by atoms with van der Waals surface area (Å²) >= 11 is 10.9. The summed E-state index contributed by atoms with van der Waals surface area (Å²) in [5.74, 6) is -1.69. The summed E-state index contributed by atoms with van der Waals surface area (Å²) in [7, 11) is 0. The molecule has 2 rings (SSSR count). The first-order valence-corrected chi connectivity index (χ1v) is 9.02. The Labute approximate surface area is 170 Å². The Balaban J connectivity index is 2.14. The minimum Gasteiger partial charge on any atom is -0.466 e. The third-order valence-electron chi connectivity index (χ3n) is 3.88. The molecule has 2 amide bonds. The summed E-state index contributed by atoms with van der Waals surface area (Å²) in [6, 6.07) is 2.64. The summed E-state index contributed by atoms with van der Waals surface area (Å²) in [5.41, 5.74) is -0.445. The van der Waals surface area contributed by atoms with Gasteiger partial charge in [0.25, 0.3) is 11.6 Å². The number of nitro groups is 1. The summed E-state index contributed by atoms with van der Waals surface area (Å²) in [6.07, 6.45) is -0.234. The van der Waals surface area contributed by atoms with Gasteiger partial charge < -0.3 is 15.0 Å². The van der Waals surface area contributed by atoms with Crippen LogP contribution in [0.2, 0.25) is 5.02 Å². The molecule has 1 heterocycles. The van der Waals surface area contributed by atoms with E-state index in [9.17, 15) is 24.5 Å². The smallest absolute Gasteiger partial charge is 0.308 e. The van der Waals surface area contributed by atoms with Crippen molar-refractivity contribution in [3.05, 3.63) is 38.9 Å². The van der Waals surface area contributed by atoms with Gasteiger partial charge in [0, 0.05) is 24.7 Å². The average Bonchev–Trinajstić information content (AvgIpc) is 2.63.